The van der Waals surface area contributed by atoms with Crippen LogP contribution in [0.2, 0.25) is 0 Å². The molecule has 1 saturated carbocycles. The van der Waals surface area contributed by atoms with Gasteiger partial charge in [0.1, 0.15) is 6.23 Å². The van der Waals surface area contributed by atoms with E-state index >= 15 is 0 Å². The minimum absolute atomic E-state index is 0.499. The summed E-state index contributed by atoms with van der Waals surface area (Å²) in [5.41, 5.74) is 0. The molecule has 3 unspecified atom stereocenters. The van der Waals surface area contributed by atoms with Gasteiger partial charge in [0.2, 0.25) is 0 Å². The molecule has 0 amide bonds. The Balaban J connectivity index is 1.77. The van der Waals surface area contributed by atoms with E-state index in [1.807, 2.05) is 0 Å². The second-order valence-corrected chi connectivity index (χ2v) is 4.75. The molecule has 0 aromatic carbocycles. The molecule has 0 bridgehead atoms. The first-order valence-corrected chi connectivity index (χ1v) is 5.82. The molecule has 3 atom stereocenters. The van der Waals surface area contributed by atoms with Crippen molar-refractivity contribution in [3.63, 3.8) is 0 Å². The standard InChI is InChI=1S/C11H19NO/c1-2-4-10-9(3-1)5-6-11-12(10)7-8-13-11/h9-11H,1-8H2. The van der Waals surface area contributed by atoms with Crippen LogP contribution in [0, 0.1) is 5.92 Å². The van der Waals surface area contributed by atoms with Crippen molar-refractivity contribution in [2.24, 2.45) is 5.92 Å². The summed E-state index contributed by atoms with van der Waals surface area (Å²) in [5.74, 6) is 1.01. The maximum absolute atomic E-state index is 5.73. The number of rotatable bonds is 0. The van der Waals surface area contributed by atoms with Crippen LogP contribution in [-0.2, 0) is 4.74 Å². The first kappa shape index (κ1) is 8.25. The highest BCUT2D eigenvalue weighted by atomic mass is 16.5. The first-order valence-electron chi connectivity index (χ1n) is 5.82. The highest BCUT2D eigenvalue weighted by Crippen LogP contribution is 2.39. The van der Waals surface area contributed by atoms with Crippen LogP contribution in [0.3, 0.4) is 0 Å². The summed E-state index contributed by atoms with van der Waals surface area (Å²) >= 11 is 0. The van der Waals surface area contributed by atoms with Gasteiger partial charge in [-0.1, -0.05) is 12.8 Å². The average molecular weight is 181 g/mol. The maximum Gasteiger partial charge on any atom is 0.111 e. The number of ether oxygens (including phenoxy) is 1. The largest absolute Gasteiger partial charge is 0.362 e. The third kappa shape index (κ3) is 1.31. The lowest BCUT2D eigenvalue weighted by molar-refractivity contribution is -0.0528. The summed E-state index contributed by atoms with van der Waals surface area (Å²) in [4.78, 5) is 2.65. The monoisotopic (exact) mass is 181 g/mol. The van der Waals surface area contributed by atoms with E-state index in [0.29, 0.717) is 6.23 Å². The van der Waals surface area contributed by atoms with Crippen LogP contribution in [0.25, 0.3) is 0 Å². The second kappa shape index (κ2) is 3.25. The smallest absolute Gasteiger partial charge is 0.111 e. The number of fused-ring (bicyclic) bond motifs is 3. The van der Waals surface area contributed by atoms with Crippen LogP contribution >= 0.6 is 0 Å². The molecule has 2 heteroatoms. The summed E-state index contributed by atoms with van der Waals surface area (Å²) in [6.07, 6.45) is 9.05. The Morgan fingerprint density at radius 2 is 1.92 bits per heavy atom. The zero-order chi connectivity index (χ0) is 8.67. The highest BCUT2D eigenvalue weighted by molar-refractivity contribution is 4.91. The number of nitrogens with zero attached hydrogens (tertiary/aromatic N) is 1. The van der Waals surface area contributed by atoms with Gasteiger partial charge in [0.25, 0.3) is 0 Å². The number of hydrogen-bond acceptors (Lipinski definition) is 2. The van der Waals surface area contributed by atoms with Crippen LogP contribution in [0.4, 0.5) is 0 Å². The van der Waals surface area contributed by atoms with E-state index in [1.165, 1.54) is 45.1 Å². The molecule has 0 aromatic heterocycles. The summed E-state index contributed by atoms with van der Waals surface area (Å²) in [6.45, 7) is 2.18. The van der Waals surface area contributed by atoms with Gasteiger partial charge in [-0.25, -0.2) is 0 Å². The maximum atomic E-state index is 5.73. The fourth-order valence-corrected chi connectivity index (χ4v) is 3.48. The van der Waals surface area contributed by atoms with Crippen LogP contribution in [-0.4, -0.2) is 30.3 Å². The predicted octanol–water partition coefficient (Wildman–Crippen LogP) is 2.00. The zero-order valence-electron chi connectivity index (χ0n) is 8.24. The fraction of sp³-hybridized carbons (Fsp3) is 1.00. The summed E-state index contributed by atoms with van der Waals surface area (Å²) in [5, 5.41) is 0. The van der Waals surface area contributed by atoms with Crippen molar-refractivity contribution in [1.29, 1.82) is 0 Å². The molecule has 0 radical (unpaired) electrons. The molecule has 13 heavy (non-hydrogen) atoms. The van der Waals surface area contributed by atoms with E-state index in [2.05, 4.69) is 4.90 Å². The minimum atomic E-state index is 0.499. The molecule has 3 aliphatic rings. The van der Waals surface area contributed by atoms with Crippen molar-refractivity contribution in [2.75, 3.05) is 13.2 Å². The van der Waals surface area contributed by atoms with E-state index in [4.69, 9.17) is 4.74 Å². The SMILES string of the molecule is C1CCC2C(C1)CCC1OCCN12. The van der Waals surface area contributed by atoms with Crippen LogP contribution < -0.4 is 0 Å². The third-order valence-corrected chi connectivity index (χ3v) is 4.11. The van der Waals surface area contributed by atoms with Gasteiger partial charge in [-0.2, -0.15) is 0 Å². The first-order chi connectivity index (χ1) is 6.45. The minimum Gasteiger partial charge on any atom is -0.362 e. The number of piperidine rings is 1. The van der Waals surface area contributed by atoms with Gasteiger partial charge in [0, 0.05) is 12.6 Å². The molecule has 2 nitrogen and oxygen atoms in total. The van der Waals surface area contributed by atoms with Crippen LogP contribution in [0.5, 0.6) is 0 Å². The van der Waals surface area contributed by atoms with Crippen molar-refractivity contribution in [3.8, 4) is 0 Å². The molecule has 2 heterocycles. The Hall–Kier alpha value is -0.0800. The quantitative estimate of drug-likeness (QED) is 0.566. The Kier molecular flexibility index (Phi) is 2.06. The summed E-state index contributed by atoms with van der Waals surface area (Å²) in [7, 11) is 0. The molecule has 0 spiro atoms. The Morgan fingerprint density at radius 3 is 2.92 bits per heavy atom. The van der Waals surface area contributed by atoms with Crippen molar-refractivity contribution >= 4 is 0 Å². The van der Waals surface area contributed by atoms with Gasteiger partial charge in [0.05, 0.1) is 6.61 Å². The van der Waals surface area contributed by atoms with Gasteiger partial charge in [-0.3, -0.25) is 4.90 Å². The second-order valence-electron chi connectivity index (χ2n) is 4.75. The van der Waals surface area contributed by atoms with Gasteiger partial charge in [0.15, 0.2) is 0 Å². The fourth-order valence-electron chi connectivity index (χ4n) is 3.48. The van der Waals surface area contributed by atoms with Gasteiger partial charge >= 0.3 is 0 Å². The molecule has 2 aliphatic heterocycles. The molecule has 0 aromatic rings. The molecular weight excluding hydrogens is 162 g/mol. The average Bonchev–Trinajstić information content (AvgIpc) is 2.65. The molecule has 1 aliphatic carbocycles. The van der Waals surface area contributed by atoms with Gasteiger partial charge in [-0.15, -0.1) is 0 Å². The Morgan fingerprint density at radius 1 is 1.00 bits per heavy atom. The highest BCUT2D eigenvalue weighted by Gasteiger charge is 2.40. The van der Waals surface area contributed by atoms with Crippen LogP contribution in [0.1, 0.15) is 38.5 Å². The van der Waals surface area contributed by atoms with E-state index < -0.39 is 0 Å². The molecular formula is C11H19NO. The summed E-state index contributed by atoms with van der Waals surface area (Å²) < 4.78 is 5.73. The zero-order valence-corrected chi connectivity index (χ0v) is 8.24. The van der Waals surface area contributed by atoms with Gasteiger partial charge in [-0.05, 0) is 31.6 Å². The third-order valence-electron chi connectivity index (χ3n) is 4.11. The molecule has 3 fully saturated rings. The summed E-state index contributed by atoms with van der Waals surface area (Å²) in [6, 6.07) is 0.884. The molecule has 3 rings (SSSR count). The lowest BCUT2D eigenvalue weighted by Gasteiger charge is -2.44. The molecule has 0 N–H and O–H groups in total. The van der Waals surface area contributed by atoms with Crippen molar-refractivity contribution in [2.45, 2.75) is 50.8 Å². The van der Waals surface area contributed by atoms with E-state index in [-0.39, 0.29) is 0 Å². The Bertz CT molecular complexity index is 195. The van der Waals surface area contributed by atoms with Crippen LogP contribution in [0.15, 0.2) is 0 Å². The van der Waals surface area contributed by atoms with E-state index in [9.17, 15) is 0 Å². The topological polar surface area (TPSA) is 12.5 Å². The lowest BCUT2D eigenvalue weighted by atomic mass is 9.78. The number of hydrogen-bond donors (Lipinski definition) is 0. The van der Waals surface area contributed by atoms with E-state index in [1.54, 1.807) is 0 Å². The normalized spacial score (nSPS) is 45.7. The van der Waals surface area contributed by atoms with Crippen molar-refractivity contribution < 1.29 is 4.74 Å². The predicted molar refractivity (Wildman–Crippen MR) is 51.4 cm³/mol. The molecule has 74 valence electrons. The van der Waals surface area contributed by atoms with Crippen molar-refractivity contribution in [3.05, 3.63) is 0 Å². The van der Waals surface area contributed by atoms with Crippen molar-refractivity contribution in [1.82, 2.24) is 4.90 Å². The van der Waals surface area contributed by atoms with E-state index in [0.717, 1.165) is 18.6 Å². The molecule has 2 saturated heterocycles. The van der Waals surface area contributed by atoms with Gasteiger partial charge < -0.3 is 4.74 Å². The lowest BCUT2D eigenvalue weighted by Crippen LogP contribution is -2.49. The Labute approximate surface area is 80.2 Å².